The second kappa shape index (κ2) is 40.9. The predicted octanol–water partition coefficient (Wildman–Crippen LogP) is 7.71. The maximum atomic E-state index is 12.0. The standard InChI is InChI=1S/C18H21N7O.C14H16N6O3S.C10H16BN3O2.C10H12ClN3O3S.C10H12ClN3OS.C5H4ClIN2S.C5H9NO.C5H9N.C2H6.ClH/c19-17-20-5-11(6-21-17)15-4-16(24-8-14-3-13(24)9-26-14)23-18(22-15)25-7-10-1-12(25)2-10;1-24(21,22)14-18-11(8-4-16-13(15)17-5-8)3-12(19-14)20-6-10-2-9(20)7-23-10;1-9(2)10(3,4)16-11(15-9)7-5-13-8(12)14-6-7;1-18(15,16)10-12-8(11)3-9(13-10)14-4-7-2-6(14)5-17-7;1-16-10-12-8(11)3-9(13-10)14-4-7-2-6(14)5-15-7;1-10-5-8-3(6)2-4(7)9-5;1-4-3-7-5(1)2-6-4;1-4-2-5(1)6-3-4;1-2;/h4-6,10,12-14H,1-3,7-9H2,(H2,19,20,21);3-5,9-10H,2,6-7H2,1H3,(H2,15,16,17);5-6H,1-4H3,(H2,12,13,14);3,6-7H,2,4-5H2,1H3;3,6-7H,2,4-5H2,1H3;2H,1H3;4-6H,1-3H2;4-6H,1-3H2;1-2H3;1H/t10?,12?,13-,14-;9-,10-;;2*6-,7-;;4-,5-;;;/m00.00.1.../s1/i;;;;;;;;1D;. The Hall–Kier alpha value is -6.77. The summed E-state index contributed by atoms with van der Waals surface area (Å²) in [5, 5.41) is 8.89. The quantitative estimate of drug-likeness (QED) is 0.0257. The van der Waals surface area contributed by atoms with E-state index in [4.69, 9.17) is 96.3 Å². The van der Waals surface area contributed by atoms with Gasteiger partial charge >= 0.3 is 7.12 Å². The highest BCUT2D eigenvalue weighted by Gasteiger charge is 2.53. The van der Waals surface area contributed by atoms with Gasteiger partial charge in [-0.1, -0.05) is 72.2 Å². The molecule has 0 radical (unpaired) electrons. The fourth-order valence-corrected chi connectivity index (χ4v) is 20.4. The molecule has 0 spiro atoms. The van der Waals surface area contributed by atoms with E-state index in [1.807, 2.05) is 51.2 Å². The Morgan fingerprint density at radius 2 is 0.873 bits per heavy atom. The Kier molecular flexibility index (Phi) is 30.5. The third kappa shape index (κ3) is 23.2. The minimum absolute atomic E-state index is 0. The van der Waals surface area contributed by atoms with Crippen molar-refractivity contribution in [3.63, 3.8) is 0 Å². The molecule has 23 heterocycles. The second-order valence-corrected chi connectivity index (χ2v) is 41.3. The first-order valence-corrected chi connectivity index (χ1v) is 49.9. The molecule has 2 aliphatic carbocycles. The zero-order valence-electron chi connectivity index (χ0n) is 72.2. The van der Waals surface area contributed by atoms with Crippen molar-refractivity contribution in [2.45, 2.75) is 204 Å². The summed E-state index contributed by atoms with van der Waals surface area (Å²) in [5.74, 6) is 6.45. The van der Waals surface area contributed by atoms with Gasteiger partial charge in [-0.3, -0.25) is 0 Å². The van der Waals surface area contributed by atoms with Gasteiger partial charge in [-0.05, 0) is 139 Å². The number of halogens is 5. The van der Waals surface area contributed by atoms with Gasteiger partial charge in [0.15, 0.2) is 10.3 Å². The highest BCUT2D eigenvalue weighted by molar-refractivity contribution is 14.1. The van der Waals surface area contributed by atoms with Crippen molar-refractivity contribution in [1.82, 2.24) is 90.4 Å². The summed E-state index contributed by atoms with van der Waals surface area (Å²) >= 11 is 22.6. The van der Waals surface area contributed by atoms with Gasteiger partial charge in [-0.15, -0.1) is 12.4 Å². The molecule has 47 heteroatoms. The number of fused-ring (bicyclic) bond motifs is 12. The number of thioether (sulfide) groups is 2. The van der Waals surface area contributed by atoms with Gasteiger partial charge in [0.2, 0.25) is 53.8 Å². The zero-order chi connectivity index (χ0) is 89.1. The third-order valence-electron chi connectivity index (χ3n) is 24.3. The van der Waals surface area contributed by atoms with E-state index in [-0.39, 0.29) is 81.2 Å². The normalized spacial score (nSPS) is 27.2. The van der Waals surface area contributed by atoms with Gasteiger partial charge in [0.05, 0.1) is 110 Å². The Labute approximate surface area is 778 Å². The van der Waals surface area contributed by atoms with E-state index in [0.717, 1.165) is 157 Å². The van der Waals surface area contributed by atoms with E-state index in [1.165, 1.54) is 74.6 Å². The number of anilines is 8. The predicted molar refractivity (Wildman–Crippen MR) is 496 cm³/mol. The van der Waals surface area contributed by atoms with E-state index in [2.05, 4.69) is 129 Å². The van der Waals surface area contributed by atoms with Crippen LogP contribution in [0.4, 0.5) is 47.1 Å². The van der Waals surface area contributed by atoms with E-state index in [1.54, 1.807) is 49.9 Å². The number of hydrogen-bond donors (Lipinski definition) is 5. The molecule has 25 rings (SSSR count). The zero-order valence-corrected chi connectivity index (χ0v) is 79.7. The number of nitrogen functional groups attached to an aromatic ring is 3. The van der Waals surface area contributed by atoms with Crippen LogP contribution >= 0.6 is 93.3 Å². The fourth-order valence-electron chi connectivity index (χ4n) is 17.1. The first-order chi connectivity index (χ1) is 60.2. The molecule has 0 amide bonds. The molecule has 8 aromatic heterocycles. The van der Waals surface area contributed by atoms with Crippen LogP contribution < -0.4 is 57.8 Å². The lowest BCUT2D eigenvalue weighted by Gasteiger charge is -2.32. The number of rotatable bonds is 12. The number of nitrogens with one attached hydrogen (secondary N) is 2. The van der Waals surface area contributed by atoms with Gasteiger partial charge < -0.3 is 85.3 Å². The summed E-state index contributed by atoms with van der Waals surface area (Å²) in [7, 11) is -7.43. The van der Waals surface area contributed by atoms with Crippen LogP contribution in [0.2, 0.25) is 15.5 Å². The van der Waals surface area contributed by atoms with Crippen LogP contribution in [-0.2, 0) is 52.7 Å². The molecule has 17 aliphatic rings. The average molecular weight is 2000 g/mol. The summed E-state index contributed by atoms with van der Waals surface area (Å²) in [6, 6.07) is 12.6. The molecule has 680 valence electrons. The number of nitrogens with zero attached hydrogens (tertiary/aromatic N) is 21. The Morgan fingerprint density at radius 3 is 1.22 bits per heavy atom. The molecule has 0 aromatic carbocycles. The van der Waals surface area contributed by atoms with Crippen LogP contribution in [-0.4, -0.2) is 292 Å². The smallest absolute Gasteiger partial charge is 0.399 e. The lowest BCUT2D eigenvalue weighted by molar-refractivity contribution is 0.00578. The SMILES string of the molecule is C1NC2CC1C2.C1O[C@H]2CN[C@@H]1C2.CC1(C)OB(c2cnc(N)nc2)OC1(C)C.CS(=O)(=O)c1nc(-c2cnc(N)nc2)cc(N2C[C@@H]3C[C@H]2CO3)n1.CS(=O)(=O)c1nc(Cl)cc(N2C[C@@H]3C[C@H]2CO3)n1.CSc1nc(Cl)cc(I)n1.CSc1nc(Cl)cc(N2C[C@@H]3C[C@H]2CO3)n1.Cl.Nc1ncc(-c2cc(N3C[C@@H]4C[C@H]3CO4)nc(N3CC4CC3C4)n2)cn1.[2H]CC. The monoisotopic (exact) mass is 2000 g/mol. The highest BCUT2D eigenvalue weighted by atomic mass is 127. The van der Waals surface area contributed by atoms with E-state index in [9.17, 15) is 16.8 Å². The number of nitrogens with two attached hydrogens (primary N) is 3. The number of morpholine rings is 5. The Balaban J connectivity index is 0.000000121. The van der Waals surface area contributed by atoms with Crippen molar-refractivity contribution in [1.29, 1.82) is 0 Å². The minimum atomic E-state index is -3.55. The second-order valence-electron chi connectivity index (χ2n) is 33.7. The van der Waals surface area contributed by atoms with Crippen molar-refractivity contribution < 1.29 is 51.2 Å². The van der Waals surface area contributed by atoms with Crippen molar-refractivity contribution in [2.75, 3.05) is 146 Å². The van der Waals surface area contributed by atoms with Crippen molar-refractivity contribution in [3.05, 3.63) is 86.7 Å². The van der Waals surface area contributed by atoms with Crippen molar-refractivity contribution >= 4 is 173 Å². The van der Waals surface area contributed by atoms with Crippen LogP contribution in [0.5, 0.6) is 0 Å². The van der Waals surface area contributed by atoms with Gasteiger partial charge in [-0.25, -0.2) is 91.6 Å². The first-order valence-electron chi connectivity index (χ1n) is 42.2. The number of sulfone groups is 2. The van der Waals surface area contributed by atoms with Crippen molar-refractivity contribution in [2.24, 2.45) is 11.8 Å². The van der Waals surface area contributed by atoms with Gasteiger partial charge in [0.25, 0.3) is 0 Å². The number of ether oxygens (including phenoxy) is 5. The molecule has 37 nitrogen and oxygen atoms in total. The van der Waals surface area contributed by atoms with E-state index in [0.29, 0.717) is 102 Å². The van der Waals surface area contributed by atoms with E-state index >= 15 is 0 Å². The third-order valence-corrected chi connectivity index (χ3v) is 28.2. The topological polar surface area (TPSA) is 457 Å². The van der Waals surface area contributed by atoms with Crippen LogP contribution in [0, 0.1) is 15.5 Å². The van der Waals surface area contributed by atoms with Crippen LogP contribution in [0.3, 0.4) is 0 Å². The molecule has 15 saturated heterocycles. The molecule has 15 aliphatic heterocycles. The lowest BCUT2D eigenvalue weighted by atomic mass is 9.81. The molecule has 0 unspecified atom stereocenters. The first kappa shape index (κ1) is 93.9. The Morgan fingerprint density at radius 1 is 0.468 bits per heavy atom. The molecule has 8 N–H and O–H groups in total. The summed E-state index contributed by atoms with van der Waals surface area (Å²) in [6.45, 7) is 20.9. The lowest BCUT2D eigenvalue weighted by Crippen LogP contribution is -2.41. The summed E-state index contributed by atoms with van der Waals surface area (Å²) in [5.41, 5.74) is 19.4. The molecule has 10 atom stereocenters. The fraction of sp³-hybridized carbons (Fsp3) is 0.595. The molecule has 17 fully saturated rings. The van der Waals surface area contributed by atoms with Crippen LogP contribution in [0.25, 0.3) is 22.5 Å². The molecule has 126 heavy (non-hydrogen) atoms. The average Bonchev–Trinajstić information content (AvgIpc) is 1.64. The van der Waals surface area contributed by atoms with Gasteiger partial charge in [0, 0.05) is 155 Å². The highest BCUT2D eigenvalue weighted by Crippen LogP contribution is 2.45. The van der Waals surface area contributed by atoms with Gasteiger partial charge in [-0.2, -0.15) is 4.98 Å². The molecular formula is C79H106BCl4IN26O11S4. The maximum Gasteiger partial charge on any atom is 0.498 e. The summed E-state index contributed by atoms with van der Waals surface area (Å²) < 4.78 is 93.4. The summed E-state index contributed by atoms with van der Waals surface area (Å²) in [6.07, 6.45) is 28.3. The molecule has 2 saturated carbocycles. The number of hydrogen-bond acceptors (Lipinski definition) is 39. The number of aromatic nitrogens is 16. The van der Waals surface area contributed by atoms with E-state index < -0.39 is 26.8 Å². The minimum Gasteiger partial charge on any atom is -0.399 e. The summed E-state index contributed by atoms with van der Waals surface area (Å²) in [4.78, 5) is 77.9. The van der Waals surface area contributed by atoms with Gasteiger partial charge in [0.1, 0.15) is 42.4 Å². The molecular weight excluding hydrogens is 1900 g/mol. The van der Waals surface area contributed by atoms with Crippen LogP contribution in [0.15, 0.2) is 88.1 Å². The maximum absolute atomic E-state index is 12.0. The largest absolute Gasteiger partial charge is 0.498 e. The van der Waals surface area contributed by atoms with Crippen LogP contribution in [0.1, 0.15) is 101 Å². The van der Waals surface area contributed by atoms with Crippen molar-refractivity contribution in [3.8, 4) is 22.5 Å². The molecule has 14 bridgehead atoms. The molecule has 8 aromatic rings. The Bertz CT molecular complexity index is 5290.